The second-order valence-corrected chi connectivity index (χ2v) is 7.82. The Morgan fingerprint density at radius 1 is 1.14 bits per heavy atom. The van der Waals surface area contributed by atoms with Gasteiger partial charge in [-0.3, -0.25) is 10.2 Å². The van der Waals surface area contributed by atoms with Crippen LogP contribution >= 0.6 is 0 Å². The molecule has 0 bridgehead atoms. The van der Waals surface area contributed by atoms with Gasteiger partial charge in [0.15, 0.2) is 0 Å². The first kappa shape index (κ1) is 21.0. The highest BCUT2D eigenvalue weighted by atomic mass is 16.5. The summed E-state index contributed by atoms with van der Waals surface area (Å²) in [4.78, 5) is 14.2. The lowest BCUT2D eigenvalue weighted by Gasteiger charge is -2.22. The van der Waals surface area contributed by atoms with Crippen LogP contribution in [0.3, 0.4) is 0 Å². The molecular weight excluding hydrogens is 364 g/mol. The highest BCUT2D eigenvalue weighted by Crippen LogP contribution is 2.25. The smallest absolute Gasteiger partial charge is 0.253 e. The highest BCUT2D eigenvalue weighted by molar-refractivity contribution is 5.97. The lowest BCUT2D eigenvalue weighted by atomic mass is 9.97. The number of nitrogens with one attached hydrogen (secondary N) is 2. The van der Waals surface area contributed by atoms with E-state index in [1.54, 1.807) is 19.0 Å². The summed E-state index contributed by atoms with van der Waals surface area (Å²) in [6, 6.07) is 13.4. The molecule has 154 valence electrons. The number of carbonyl (C=O) groups excluding carboxylic acids is 1. The molecule has 1 fully saturated rings. The number of nitrogen functional groups attached to an aromatic ring is 1. The van der Waals surface area contributed by atoms with Crippen LogP contribution in [0.2, 0.25) is 0 Å². The molecular formula is C23H30N4O2. The molecule has 1 amide bonds. The van der Waals surface area contributed by atoms with Crippen LogP contribution in [0, 0.1) is 11.3 Å². The van der Waals surface area contributed by atoms with Crippen LogP contribution < -0.4 is 11.1 Å². The Bertz CT molecular complexity index is 873. The maximum Gasteiger partial charge on any atom is 0.253 e. The zero-order chi connectivity index (χ0) is 20.8. The van der Waals surface area contributed by atoms with Crippen LogP contribution in [0.25, 0.3) is 11.1 Å². The molecule has 6 nitrogen and oxygen atoms in total. The van der Waals surface area contributed by atoms with Gasteiger partial charge in [0, 0.05) is 31.8 Å². The molecule has 0 spiro atoms. The van der Waals surface area contributed by atoms with Gasteiger partial charge in [-0.2, -0.15) is 0 Å². The van der Waals surface area contributed by atoms with Crippen molar-refractivity contribution in [3.8, 4) is 11.1 Å². The number of amides is 1. The first-order valence-corrected chi connectivity index (χ1v) is 10.0. The van der Waals surface area contributed by atoms with E-state index < -0.39 is 0 Å². The number of rotatable bonds is 7. The van der Waals surface area contributed by atoms with E-state index in [0.717, 1.165) is 49.2 Å². The summed E-state index contributed by atoms with van der Waals surface area (Å²) >= 11 is 0. The molecule has 1 aliphatic heterocycles. The fourth-order valence-electron chi connectivity index (χ4n) is 3.58. The van der Waals surface area contributed by atoms with Crippen LogP contribution in [0.1, 0.15) is 34.3 Å². The Labute approximate surface area is 172 Å². The number of ether oxygens (including phenoxy) is 1. The number of hydrogen-bond donors (Lipinski definition) is 3. The maximum absolute atomic E-state index is 12.6. The summed E-state index contributed by atoms with van der Waals surface area (Å²) in [5.41, 5.74) is 9.74. The van der Waals surface area contributed by atoms with Gasteiger partial charge in [-0.25, -0.2) is 0 Å². The van der Waals surface area contributed by atoms with Gasteiger partial charge in [0.05, 0.1) is 6.61 Å². The third-order valence-electron chi connectivity index (χ3n) is 5.23. The van der Waals surface area contributed by atoms with Crippen molar-refractivity contribution in [3.05, 3.63) is 59.2 Å². The van der Waals surface area contributed by atoms with E-state index >= 15 is 0 Å². The quantitative estimate of drug-likeness (QED) is 0.497. The second-order valence-electron chi connectivity index (χ2n) is 7.82. The van der Waals surface area contributed by atoms with Crippen LogP contribution in [0.15, 0.2) is 42.5 Å². The monoisotopic (exact) mass is 394 g/mol. The van der Waals surface area contributed by atoms with Crippen molar-refractivity contribution in [1.29, 1.82) is 5.41 Å². The van der Waals surface area contributed by atoms with Crippen LogP contribution in [0.4, 0.5) is 0 Å². The molecule has 1 aliphatic rings. The molecule has 29 heavy (non-hydrogen) atoms. The third-order valence-corrected chi connectivity index (χ3v) is 5.23. The van der Waals surface area contributed by atoms with Crippen molar-refractivity contribution in [2.45, 2.75) is 19.4 Å². The number of benzene rings is 2. The van der Waals surface area contributed by atoms with E-state index in [4.69, 9.17) is 15.9 Å². The molecule has 0 aliphatic carbocycles. The number of amidine groups is 1. The fraction of sp³-hybridized carbons (Fsp3) is 0.391. The molecule has 2 aromatic rings. The van der Waals surface area contributed by atoms with Crippen molar-refractivity contribution in [2.24, 2.45) is 11.7 Å². The summed E-state index contributed by atoms with van der Waals surface area (Å²) in [7, 11) is 3.50. The highest BCUT2D eigenvalue weighted by Gasteiger charge is 2.15. The van der Waals surface area contributed by atoms with E-state index in [2.05, 4.69) is 5.32 Å². The van der Waals surface area contributed by atoms with Crippen molar-refractivity contribution >= 4 is 11.7 Å². The summed E-state index contributed by atoms with van der Waals surface area (Å²) < 4.78 is 6.00. The van der Waals surface area contributed by atoms with Crippen LogP contribution in [-0.4, -0.2) is 50.4 Å². The SMILES string of the molecule is CN(C)C(=O)c1cc(COCC2CCNCC2)cc(-c2cccc(C(=N)N)c2)c1. The lowest BCUT2D eigenvalue weighted by Crippen LogP contribution is -2.29. The minimum absolute atomic E-state index is 0.0258. The Balaban J connectivity index is 1.84. The van der Waals surface area contributed by atoms with Gasteiger partial charge in [-0.1, -0.05) is 18.2 Å². The van der Waals surface area contributed by atoms with Crippen LogP contribution in [-0.2, 0) is 11.3 Å². The maximum atomic E-state index is 12.6. The van der Waals surface area contributed by atoms with E-state index in [9.17, 15) is 4.79 Å². The molecule has 4 N–H and O–H groups in total. The normalized spacial score (nSPS) is 14.6. The van der Waals surface area contributed by atoms with Crippen molar-refractivity contribution in [3.63, 3.8) is 0 Å². The minimum Gasteiger partial charge on any atom is -0.384 e. The number of piperidine rings is 1. The van der Waals surface area contributed by atoms with Gasteiger partial charge in [-0.15, -0.1) is 0 Å². The molecule has 2 aromatic carbocycles. The standard InChI is InChI=1S/C23H30N4O2/c1-27(2)23(28)21-11-17(15-29-14-16-6-8-26-9-7-16)10-20(13-21)18-4-3-5-19(12-18)22(24)25/h3-5,10-13,16,26H,6-9,14-15H2,1-2H3,(H3,24,25). The van der Waals surface area contributed by atoms with Gasteiger partial charge in [-0.05, 0) is 72.8 Å². The molecule has 0 radical (unpaired) electrons. The van der Waals surface area contributed by atoms with Crippen molar-refractivity contribution in [1.82, 2.24) is 10.2 Å². The van der Waals surface area contributed by atoms with Crippen molar-refractivity contribution < 1.29 is 9.53 Å². The number of nitrogens with two attached hydrogens (primary N) is 1. The predicted molar refractivity (Wildman–Crippen MR) is 116 cm³/mol. The Hall–Kier alpha value is -2.70. The summed E-state index contributed by atoms with van der Waals surface area (Å²) in [6.45, 7) is 3.32. The molecule has 0 atom stereocenters. The minimum atomic E-state index is -0.0471. The van der Waals surface area contributed by atoms with E-state index in [0.29, 0.717) is 23.7 Å². The number of hydrogen-bond acceptors (Lipinski definition) is 4. The Kier molecular flexibility index (Phi) is 7.01. The lowest BCUT2D eigenvalue weighted by molar-refractivity contribution is 0.0760. The molecule has 0 aromatic heterocycles. The zero-order valence-electron chi connectivity index (χ0n) is 17.2. The fourth-order valence-corrected chi connectivity index (χ4v) is 3.58. The van der Waals surface area contributed by atoms with E-state index in [1.807, 2.05) is 42.5 Å². The number of carbonyl (C=O) groups is 1. The van der Waals surface area contributed by atoms with Crippen LogP contribution in [0.5, 0.6) is 0 Å². The average molecular weight is 395 g/mol. The van der Waals surface area contributed by atoms with E-state index in [1.165, 1.54) is 0 Å². The average Bonchev–Trinajstić information content (AvgIpc) is 2.73. The van der Waals surface area contributed by atoms with E-state index in [-0.39, 0.29) is 11.7 Å². The topological polar surface area (TPSA) is 91.4 Å². The molecule has 0 unspecified atom stereocenters. The third kappa shape index (κ3) is 5.65. The van der Waals surface area contributed by atoms with Gasteiger partial charge in [0.25, 0.3) is 5.91 Å². The Morgan fingerprint density at radius 2 is 1.86 bits per heavy atom. The molecule has 3 rings (SSSR count). The summed E-state index contributed by atoms with van der Waals surface area (Å²) in [5, 5.41) is 11.1. The zero-order valence-corrected chi connectivity index (χ0v) is 17.2. The number of nitrogens with zero attached hydrogens (tertiary/aromatic N) is 1. The summed E-state index contributed by atoms with van der Waals surface area (Å²) in [6.07, 6.45) is 2.28. The second kappa shape index (κ2) is 9.67. The first-order chi connectivity index (χ1) is 13.9. The molecule has 1 heterocycles. The van der Waals surface area contributed by atoms with Crippen molar-refractivity contribution in [2.75, 3.05) is 33.8 Å². The molecule has 0 saturated carbocycles. The molecule has 1 saturated heterocycles. The first-order valence-electron chi connectivity index (χ1n) is 10.0. The van der Waals surface area contributed by atoms with Gasteiger partial charge in [0.1, 0.15) is 5.84 Å². The van der Waals surface area contributed by atoms with Gasteiger partial charge < -0.3 is 20.7 Å². The molecule has 6 heteroatoms. The van der Waals surface area contributed by atoms with Gasteiger partial charge >= 0.3 is 0 Å². The van der Waals surface area contributed by atoms with Gasteiger partial charge in [0.2, 0.25) is 0 Å². The Morgan fingerprint density at radius 3 is 2.55 bits per heavy atom. The summed E-state index contributed by atoms with van der Waals surface area (Å²) in [5.74, 6) is 0.571. The predicted octanol–water partition coefficient (Wildman–Crippen LogP) is 2.86. The largest absolute Gasteiger partial charge is 0.384 e.